The Morgan fingerprint density at radius 1 is 1.31 bits per heavy atom. The normalized spacial score (nSPS) is 22.7. The first kappa shape index (κ1) is 22.9. The van der Waals surface area contributed by atoms with Crippen molar-refractivity contribution in [1.82, 2.24) is 0 Å². The zero-order chi connectivity index (χ0) is 19.4. The van der Waals surface area contributed by atoms with Crippen LogP contribution in [0.25, 0.3) is 0 Å². The van der Waals surface area contributed by atoms with Gasteiger partial charge in [0.2, 0.25) is 0 Å². The van der Waals surface area contributed by atoms with Gasteiger partial charge in [-0.05, 0) is 56.8 Å². The highest BCUT2D eigenvalue weighted by Gasteiger charge is 2.33. The van der Waals surface area contributed by atoms with Crippen molar-refractivity contribution in [3.05, 3.63) is 12.2 Å². The van der Waals surface area contributed by atoms with Crippen LogP contribution < -0.4 is 0 Å². The molecule has 4 nitrogen and oxygen atoms in total. The Kier molecular flexibility index (Phi) is 11.5. The molecule has 1 aliphatic carbocycles. The standard InChI is InChI=1S/C22H38O4/c1-4-5-10-17(2)20(23)15-13-18-14-16-21(24)19(18)11-8-6-7-9-12-22(25)26-3/h6,8,17-20,23H,4-5,7,9-16H2,1-3H3/b8-6-/t17?,18?,19-,20-/m1/s1. The van der Waals surface area contributed by atoms with E-state index in [1.54, 1.807) is 0 Å². The molecule has 150 valence electrons. The Balaban J connectivity index is 2.32. The Morgan fingerprint density at radius 2 is 2.08 bits per heavy atom. The van der Waals surface area contributed by atoms with Gasteiger partial charge >= 0.3 is 5.97 Å². The molecule has 2 unspecified atom stereocenters. The molecule has 0 spiro atoms. The molecule has 0 heterocycles. The SMILES string of the molecule is CCCCC(C)[C@H](O)CCC1CCC(=O)[C@@H]1C/C=C\CCCC(=O)OC. The highest BCUT2D eigenvalue weighted by molar-refractivity contribution is 5.83. The van der Waals surface area contributed by atoms with E-state index in [1.165, 1.54) is 20.0 Å². The third kappa shape index (κ3) is 8.48. The van der Waals surface area contributed by atoms with Crippen LogP contribution in [-0.2, 0) is 14.3 Å². The van der Waals surface area contributed by atoms with E-state index in [9.17, 15) is 14.7 Å². The van der Waals surface area contributed by atoms with Gasteiger partial charge in [0.15, 0.2) is 0 Å². The zero-order valence-electron chi connectivity index (χ0n) is 16.9. The van der Waals surface area contributed by atoms with E-state index in [-0.39, 0.29) is 18.0 Å². The van der Waals surface area contributed by atoms with Gasteiger partial charge in [0.1, 0.15) is 5.78 Å². The second kappa shape index (κ2) is 13.1. The number of hydrogen-bond donors (Lipinski definition) is 1. The minimum Gasteiger partial charge on any atom is -0.469 e. The summed E-state index contributed by atoms with van der Waals surface area (Å²) in [4.78, 5) is 23.3. The number of unbranched alkanes of at least 4 members (excludes halogenated alkanes) is 2. The Hall–Kier alpha value is -1.16. The number of rotatable bonds is 13. The van der Waals surface area contributed by atoms with Gasteiger partial charge in [-0.15, -0.1) is 0 Å². The van der Waals surface area contributed by atoms with Crippen LogP contribution in [0, 0.1) is 17.8 Å². The maximum Gasteiger partial charge on any atom is 0.305 e. The van der Waals surface area contributed by atoms with Crippen LogP contribution in [0.5, 0.6) is 0 Å². The average molecular weight is 367 g/mol. The fourth-order valence-electron chi connectivity index (χ4n) is 3.86. The summed E-state index contributed by atoms with van der Waals surface area (Å²) < 4.78 is 4.62. The first-order valence-electron chi connectivity index (χ1n) is 10.4. The molecular formula is C22H38O4. The second-order valence-electron chi connectivity index (χ2n) is 7.81. The van der Waals surface area contributed by atoms with Crippen molar-refractivity contribution < 1.29 is 19.4 Å². The van der Waals surface area contributed by atoms with Gasteiger partial charge in [-0.2, -0.15) is 0 Å². The van der Waals surface area contributed by atoms with Crippen molar-refractivity contribution in [3.63, 3.8) is 0 Å². The minimum atomic E-state index is -0.244. The number of methoxy groups -OCH3 is 1. The summed E-state index contributed by atoms with van der Waals surface area (Å²) >= 11 is 0. The molecule has 0 aromatic carbocycles. The van der Waals surface area contributed by atoms with Crippen LogP contribution in [0.2, 0.25) is 0 Å². The summed E-state index contributed by atoms with van der Waals surface area (Å²) in [7, 11) is 1.41. The lowest BCUT2D eigenvalue weighted by Gasteiger charge is -2.22. The molecule has 4 heteroatoms. The van der Waals surface area contributed by atoms with Gasteiger partial charge < -0.3 is 9.84 Å². The van der Waals surface area contributed by atoms with Crippen molar-refractivity contribution in [2.75, 3.05) is 7.11 Å². The third-order valence-electron chi connectivity index (χ3n) is 5.78. The van der Waals surface area contributed by atoms with Crippen LogP contribution in [0.15, 0.2) is 12.2 Å². The van der Waals surface area contributed by atoms with Crippen LogP contribution in [0.3, 0.4) is 0 Å². The molecule has 1 fully saturated rings. The molecule has 0 saturated heterocycles. The lowest BCUT2D eigenvalue weighted by atomic mass is 9.85. The quantitative estimate of drug-likeness (QED) is 0.288. The minimum absolute atomic E-state index is 0.116. The molecule has 0 aromatic heterocycles. The molecule has 26 heavy (non-hydrogen) atoms. The number of esters is 1. The van der Waals surface area contributed by atoms with Gasteiger partial charge in [0.25, 0.3) is 0 Å². The Labute approximate surface area is 159 Å². The summed E-state index contributed by atoms with van der Waals surface area (Å²) in [6.45, 7) is 4.31. The van der Waals surface area contributed by atoms with Gasteiger partial charge in [0.05, 0.1) is 13.2 Å². The molecule has 1 N–H and O–H groups in total. The number of hydrogen-bond acceptors (Lipinski definition) is 4. The van der Waals surface area contributed by atoms with Gasteiger partial charge in [-0.25, -0.2) is 0 Å². The maximum absolute atomic E-state index is 12.2. The topological polar surface area (TPSA) is 63.6 Å². The van der Waals surface area contributed by atoms with E-state index in [2.05, 4.69) is 30.7 Å². The Bertz CT molecular complexity index is 443. The van der Waals surface area contributed by atoms with Gasteiger partial charge in [-0.1, -0.05) is 38.8 Å². The van der Waals surface area contributed by atoms with Crippen LogP contribution in [-0.4, -0.2) is 30.1 Å². The van der Waals surface area contributed by atoms with Crippen molar-refractivity contribution in [2.45, 2.75) is 90.6 Å². The molecule has 1 aliphatic rings. The molecule has 1 rings (SSSR count). The molecule has 0 radical (unpaired) electrons. The molecule has 0 aromatic rings. The number of aliphatic hydroxyl groups is 1. The van der Waals surface area contributed by atoms with Crippen molar-refractivity contribution in [3.8, 4) is 0 Å². The molecule has 1 saturated carbocycles. The van der Waals surface area contributed by atoms with Gasteiger partial charge in [-0.3, -0.25) is 9.59 Å². The molecule has 4 atom stereocenters. The van der Waals surface area contributed by atoms with Crippen LogP contribution >= 0.6 is 0 Å². The number of aliphatic hydroxyl groups excluding tert-OH is 1. The highest BCUT2D eigenvalue weighted by atomic mass is 16.5. The highest BCUT2D eigenvalue weighted by Crippen LogP contribution is 2.35. The number of carbonyl (C=O) groups is 2. The summed E-state index contributed by atoms with van der Waals surface area (Å²) in [6.07, 6.45) is 13.6. The first-order valence-corrected chi connectivity index (χ1v) is 10.4. The predicted octanol–water partition coefficient (Wildman–Crippen LogP) is 4.84. The van der Waals surface area contributed by atoms with E-state index >= 15 is 0 Å². The maximum atomic E-state index is 12.2. The number of Topliss-reactive ketones (excluding diaryl/α,β-unsaturated/α-hetero) is 1. The van der Waals surface area contributed by atoms with Gasteiger partial charge in [0, 0.05) is 18.8 Å². The van der Waals surface area contributed by atoms with Crippen molar-refractivity contribution >= 4 is 11.8 Å². The third-order valence-corrected chi connectivity index (χ3v) is 5.78. The lowest BCUT2D eigenvalue weighted by molar-refractivity contribution is -0.140. The van der Waals surface area contributed by atoms with Crippen LogP contribution in [0.4, 0.5) is 0 Å². The largest absolute Gasteiger partial charge is 0.469 e. The fourth-order valence-corrected chi connectivity index (χ4v) is 3.86. The number of carbonyl (C=O) groups excluding carboxylic acids is 2. The molecule has 0 bridgehead atoms. The number of ketones is 1. The van der Waals surface area contributed by atoms with Crippen molar-refractivity contribution in [1.29, 1.82) is 0 Å². The predicted molar refractivity (Wildman–Crippen MR) is 105 cm³/mol. The zero-order valence-corrected chi connectivity index (χ0v) is 16.9. The first-order chi connectivity index (χ1) is 12.5. The average Bonchev–Trinajstić information content (AvgIpc) is 2.99. The second-order valence-corrected chi connectivity index (χ2v) is 7.81. The smallest absolute Gasteiger partial charge is 0.305 e. The summed E-state index contributed by atoms with van der Waals surface area (Å²) in [5.74, 6) is 1.08. The lowest BCUT2D eigenvalue weighted by Crippen LogP contribution is -2.21. The summed E-state index contributed by atoms with van der Waals surface area (Å²) in [6, 6.07) is 0. The number of allylic oxidation sites excluding steroid dienone is 2. The molecule has 0 amide bonds. The van der Waals surface area contributed by atoms with E-state index < -0.39 is 0 Å². The number of ether oxygens (including phenoxy) is 1. The van der Waals surface area contributed by atoms with Crippen LogP contribution in [0.1, 0.15) is 84.5 Å². The van der Waals surface area contributed by atoms with E-state index in [0.717, 1.165) is 44.9 Å². The van der Waals surface area contributed by atoms with E-state index in [0.29, 0.717) is 30.5 Å². The fraction of sp³-hybridized carbons (Fsp3) is 0.818. The summed E-state index contributed by atoms with van der Waals surface area (Å²) in [5, 5.41) is 10.4. The summed E-state index contributed by atoms with van der Waals surface area (Å²) in [5.41, 5.74) is 0. The van der Waals surface area contributed by atoms with E-state index in [4.69, 9.17) is 0 Å². The molecule has 0 aliphatic heterocycles. The molecular weight excluding hydrogens is 328 g/mol. The monoisotopic (exact) mass is 366 g/mol. The van der Waals surface area contributed by atoms with Crippen molar-refractivity contribution in [2.24, 2.45) is 17.8 Å². The van der Waals surface area contributed by atoms with E-state index in [1.807, 2.05) is 0 Å². The Morgan fingerprint density at radius 3 is 2.77 bits per heavy atom.